The Kier molecular flexibility index (Phi) is 5.39. The van der Waals surface area contributed by atoms with Crippen LogP contribution in [-0.2, 0) is 11.2 Å². The van der Waals surface area contributed by atoms with Gasteiger partial charge in [0.25, 0.3) is 0 Å². The molecule has 1 aromatic rings. The summed E-state index contributed by atoms with van der Waals surface area (Å²) in [6.07, 6.45) is 7.59. The minimum atomic E-state index is -0.596. The van der Waals surface area contributed by atoms with Crippen molar-refractivity contribution >= 4 is 23.7 Å². The first-order valence-electron chi connectivity index (χ1n) is 9.95. The van der Waals surface area contributed by atoms with Gasteiger partial charge in [0.2, 0.25) is 0 Å². The number of ether oxygens (including phenoxy) is 1. The van der Waals surface area contributed by atoms with E-state index in [-0.39, 0.29) is 22.6 Å². The number of halogens is 1. The molecule has 28 heavy (non-hydrogen) atoms. The molecule has 0 radical (unpaired) electrons. The average Bonchev–Trinajstić information content (AvgIpc) is 2.67. The van der Waals surface area contributed by atoms with Crippen molar-refractivity contribution in [2.75, 3.05) is 0 Å². The van der Waals surface area contributed by atoms with Crippen LogP contribution in [-0.4, -0.2) is 22.8 Å². The number of aldehydes is 1. The van der Waals surface area contributed by atoms with Gasteiger partial charge in [-0.15, -0.1) is 0 Å². The van der Waals surface area contributed by atoms with Crippen molar-refractivity contribution in [3.05, 3.63) is 33.9 Å². The average molecular weight is 405 g/mol. The molecule has 4 atom stereocenters. The fraction of sp³-hybridized carbons (Fsp3) is 0.565. The summed E-state index contributed by atoms with van der Waals surface area (Å²) in [4.78, 5) is 23.6. The number of hydrogen-bond acceptors (Lipinski definition) is 4. The molecule has 5 heteroatoms. The third-order valence-electron chi connectivity index (χ3n) is 7.17. The second-order valence-electron chi connectivity index (χ2n) is 8.87. The second-order valence-corrected chi connectivity index (χ2v) is 9.25. The molecule has 4 nitrogen and oxygen atoms in total. The first-order valence-corrected chi connectivity index (χ1v) is 10.3. The molecule has 1 fully saturated rings. The number of hydrogen-bond donors (Lipinski definition) is 1. The van der Waals surface area contributed by atoms with Crippen molar-refractivity contribution in [1.82, 2.24) is 0 Å². The first kappa shape index (κ1) is 20.9. The Morgan fingerprint density at radius 1 is 1.21 bits per heavy atom. The summed E-state index contributed by atoms with van der Waals surface area (Å²) in [7, 11) is 0. The lowest BCUT2D eigenvalue weighted by Gasteiger charge is -2.43. The van der Waals surface area contributed by atoms with Crippen molar-refractivity contribution < 1.29 is 19.4 Å². The maximum Gasteiger partial charge on any atom is 0.154 e. The van der Waals surface area contributed by atoms with E-state index in [4.69, 9.17) is 16.3 Å². The van der Waals surface area contributed by atoms with Crippen LogP contribution in [0.1, 0.15) is 68.4 Å². The van der Waals surface area contributed by atoms with Gasteiger partial charge in [-0.25, -0.2) is 0 Å². The summed E-state index contributed by atoms with van der Waals surface area (Å²) < 4.78 is 6.27. The predicted octanol–water partition coefficient (Wildman–Crippen LogP) is 5.45. The molecular weight excluding hydrogens is 376 g/mol. The highest BCUT2D eigenvalue weighted by molar-refractivity contribution is 6.33. The van der Waals surface area contributed by atoms with Crippen LogP contribution >= 0.6 is 11.6 Å². The summed E-state index contributed by atoms with van der Waals surface area (Å²) in [6, 6.07) is 0. The summed E-state index contributed by atoms with van der Waals surface area (Å²) >= 11 is 6.47. The maximum atomic E-state index is 12.3. The van der Waals surface area contributed by atoms with Crippen LogP contribution in [0.3, 0.4) is 0 Å². The lowest BCUT2D eigenvalue weighted by Crippen LogP contribution is -2.41. The molecule has 1 aliphatic carbocycles. The quantitative estimate of drug-likeness (QED) is 0.537. The summed E-state index contributed by atoms with van der Waals surface area (Å²) in [6.45, 7) is 10.1. The standard InChI is InChI=1S/C23H29ClO4/c1-13-6-7-18(26)15(3)23(13,5)11-10-22(4)9-8-16-20(27)17(12-25)14(2)19(24)21(16)28-22/h10-13,15,27H,6-9H2,1-5H3/b11-10+/t13-,15+,22?,23+/m1/s1. The van der Waals surface area contributed by atoms with E-state index in [1.807, 2.05) is 13.8 Å². The van der Waals surface area contributed by atoms with E-state index in [1.165, 1.54) is 0 Å². The fourth-order valence-corrected chi connectivity index (χ4v) is 4.70. The van der Waals surface area contributed by atoms with E-state index in [2.05, 4.69) is 26.0 Å². The highest BCUT2D eigenvalue weighted by atomic mass is 35.5. The van der Waals surface area contributed by atoms with Gasteiger partial charge < -0.3 is 9.84 Å². The molecule has 1 aromatic carbocycles. The molecule has 0 spiro atoms. The van der Waals surface area contributed by atoms with E-state index in [1.54, 1.807) is 6.92 Å². The van der Waals surface area contributed by atoms with Crippen molar-refractivity contribution in [3.63, 3.8) is 0 Å². The van der Waals surface area contributed by atoms with E-state index in [0.29, 0.717) is 59.1 Å². The van der Waals surface area contributed by atoms with E-state index in [0.717, 1.165) is 6.42 Å². The largest absolute Gasteiger partial charge is 0.507 e. The normalized spacial score (nSPS) is 32.9. The molecule has 0 bridgehead atoms. The summed E-state index contributed by atoms with van der Waals surface area (Å²) in [5.41, 5.74) is 0.520. The molecule has 0 amide bonds. The van der Waals surface area contributed by atoms with Gasteiger partial charge in [0, 0.05) is 17.9 Å². The number of phenols is 1. The highest BCUT2D eigenvalue weighted by Gasteiger charge is 2.43. The SMILES string of the molecule is Cc1c(Cl)c2c(c(O)c1C=O)CCC(C)(/C=C/[C@@]1(C)[C@H](C)CCC(=O)[C@@H]1C)O2. The minimum absolute atomic E-state index is 0.0306. The zero-order chi connectivity index (χ0) is 20.9. The topological polar surface area (TPSA) is 63.6 Å². The van der Waals surface area contributed by atoms with Crippen LogP contribution in [0.25, 0.3) is 0 Å². The van der Waals surface area contributed by atoms with Gasteiger partial charge in [0.15, 0.2) is 6.29 Å². The Bertz CT molecular complexity index is 859. The van der Waals surface area contributed by atoms with E-state index >= 15 is 0 Å². The molecule has 1 N–H and O–H groups in total. The van der Waals surface area contributed by atoms with Gasteiger partial charge in [-0.3, -0.25) is 9.59 Å². The van der Waals surface area contributed by atoms with Crippen LogP contribution < -0.4 is 4.74 Å². The molecular formula is C23H29ClO4. The number of benzene rings is 1. The van der Waals surface area contributed by atoms with Crippen LogP contribution in [0.2, 0.25) is 5.02 Å². The van der Waals surface area contributed by atoms with Crippen molar-refractivity contribution in [1.29, 1.82) is 0 Å². The fourth-order valence-electron chi connectivity index (χ4n) is 4.45. The van der Waals surface area contributed by atoms with Crippen molar-refractivity contribution in [2.45, 2.75) is 65.9 Å². The predicted molar refractivity (Wildman–Crippen MR) is 110 cm³/mol. The van der Waals surface area contributed by atoms with Crippen molar-refractivity contribution in [3.8, 4) is 11.5 Å². The number of ketones is 1. The molecule has 3 rings (SSSR count). The number of phenolic OH excluding ortho intramolecular Hbond substituents is 1. The van der Waals surface area contributed by atoms with Gasteiger partial charge in [0.05, 0.1) is 10.6 Å². The molecule has 0 saturated heterocycles. The number of allylic oxidation sites excluding steroid dienone is 1. The molecule has 2 aliphatic rings. The molecule has 1 saturated carbocycles. The third-order valence-corrected chi connectivity index (χ3v) is 7.62. The molecule has 1 unspecified atom stereocenters. The van der Waals surface area contributed by atoms with E-state index < -0.39 is 5.60 Å². The van der Waals surface area contributed by atoms with Crippen LogP contribution in [0, 0.1) is 24.2 Å². The van der Waals surface area contributed by atoms with Gasteiger partial charge in [-0.05, 0) is 56.1 Å². The lowest BCUT2D eigenvalue weighted by molar-refractivity contribution is -0.129. The van der Waals surface area contributed by atoms with Gasteiger partial charge in [-0.2, -0.15) is 0 Å². The summed E-state index contributed by atoms with van der Waals surface area (Å²) in [5, 5.41) is 10.8. The smallest absolute Gasteiger partial charge is 0.154 e. The minimum Gasteiger partial charge on any atom is -0.507 e. The molecule has 1 heterocycles. The van der Waals surface area contributed by atoms with Crippen LogP contribution in [0.4, 0.5) is 0 Å². The Labute approximate surface area is 171 Å². The number of carbonyl (C=O) groups is 2. The zero-order valence-electron chi connectivity index (χ0n) is 17.3. The zero-order valence-corrected chi connectivity index (χ0v) is 18.0. The number of aromatic hydroxyl groups is 1. The number of fused-ring (bicyclic) bond motifs is 1. The summed E-state index contributed by atoms with van der Waals surface area (Å²) in [5.74, 6) is 1.10. The monoisotopic (exact) mass is 404 g/mol. The Morgan fingerprint density at radius 3 is 2.54 bits per heavy atom. The van der Waals surface area contributed by atoms with Crippen LogP contribution in [0.5, 0.6) is 11.5 Å². The first-order chi connectivity index (χ1) is 13.0. The molecule has 0 aromatic heterocycles. The lowest BCUT2D eigenvalue weighted by atomic mass is 9.61. The molecule has 1 aliphatic heterocycles. The van der Waals surface area contributed by atoms with Gasteiger partial charge in [-0.1, -0.05) is 38.4 Å². The number of rotatable bonds is 3. The van der Waals surface area contributed by atoms with Gasteiger partial charge in [0.1, 0.15) is 22.9 Å². The number of carbonyl (C=O) groups excluding carboxylic acids is 2. The van der Waals surface area contributed by atoms with Crippen molar-refractivity contribution in [2.24, 2.45) is 17.3 Å². The second kappa shape index (κ2) is 7.22. The number of Topliss-reactive ketones (excluding diaryl/α,β-unsaturated/α-hetero) is 1. The maximum absolute atomic E-state index is 12.3. The third kappa shape index (κ3) is 3.26. The molecule has 152 valence electrons. The Hall–Kier alpha value is -1.81. The Balaban J connectivity index is 1.95. The van der Waals surface area contributed by atoms with E-state index in [9.17, 15) is 14.7 Å². The Morgan fingerprint density at radius 2 is 1.89 bits per heavy atom. The van der Waals surface area contributed by atoms with Crippen LogP contribution in [0.15, 0.2) is 12.2 Å². The highest BCUT2D eigenvalue weighted by Crippen LogP contribution is 2.48. The van der Waals surface area contributed by atoms with Gasteiger partial charge >= 0.3 is 0 Å².